The fraction of sp³-hybridized carbons (Fsp3) is 0.214. The molecule has 1 aromatic carbocycles. The molecule has 0 aliphatic heterocycles. The van der Waals surface area contributed by atoms with Gasteiger partial charge in [0.2, 0.25) is 5.91 Å². The SMILES string of the molecule is Cc1ccc(N)cc1NC(=O)CCn1cncc(I)c1=O. The Balaban J connectivity index is 2.01. The fourth-order valence-electron chi connectivity index (χ4n) is 1.79. The highest BCUT2D eigenvalue weighted by Crippen LogP contribution is 2.18. The second kappa shape index (κ2) is 6.70. The lowest BCUT2D eigenvalue weighted by molar-refractivity contribution is -0.116. The predicted molar refractivity (Wildman–Crippen MR) is 90.1 cm³/mol. The van der Waals surface area contributed by atoms with E-state index in [9.17, 15) is 9.59 Å². The van der Waals surface area contributed by atoms with Gasteiger partial charge in [-0.05, 0) is 47.2 Å². The molecule has 0 atom stereocenters. The molecule has 0 radical (unpaired) electrons. The summed E-state index contributed by atoms with van der Waals surface area (Å²) in [6.45, 7) is 2.18. The number of amides is 1. The molecular weight excluding hydrogens is 383 g/mol. The Bertz CT molecular complexity index is 727. The minimum absolute atomic E-state index is 0.140. The van der Waals surface area contributed by atoms with E-state index in [0.717, 1.165) is 5.56 Å². The topological polar surface area (TPSA) is 90.0 Å². The first-order valence-corrected chi connectivity index (χ1v) is 7.41. The molecular formula is C14H15IN4O2. The van der Waals surface area contributed by atoms with Crippen LogP contribution in [0, 0.1) is 10.5 Å². The number of carbonyl (C=O) groups is 1. The zero-order chi connectivity index (χ0) is 15.4. The van der Waals surface area contributed by atoms with E-state index in [1.165, 1.54) is 17.1 Å². The van der Waals surface area contributed by atoms with Gasteiger partial charge in [-0.1, -0.05) is 6.07 Å². The zero-order valence-electron chi connectivity index (χ0n) is 11.5. The molecule has 0 saturated heterocycles. The third kappa shape index (κ3) is 4.03. The number of halogens is 1. The lowest BCUT2D eigenvalue weighted by atomic mass is 10.2. The first-order valence-electron chi connectivity index (χ1n) is 6.33. The molecule has 110 valence electrons. The van der Waals surface area contributed by atoms with Gasteiger partial charge in [-0.3, -0.25) is 14.2 Å². The molecule has 1 heterocycles. The Hall–Kier alpha value is -1.90. The predicted octanol–water partition coefficient (Wildman–Crippen LogP) is 1.77. The van der Waals surface area contributed by atoms with Crippen LogP contribution in [0.3, 0.4) is 0 Å². The summed E-state index contributed by atoms with van der Waals surface area (Å²) in [6, 6.07) is 5.34. The lowest BCUT2D eigenvalue weighted by Crippen LogP contribution is -2.25. The van der Waals surface area contributed by atoms with Crippen LogP contribution in [0.1, 0.15) is 12.0 Å². The van der Waals surface area contributed by atoms with E-state index in [0.29, 0.717) is 14.9 Å². The van der Waals surface area contributed by atoms with Crippen molar-refractivity contribution >= 4 is 39.9 Å². The maximum atomic E-state index is 12.0. The molecule has 1 amide bonds. The first kappa shape index (κ1) is 15.5. The van der Waals surface area contributed by atoms with E-state index < -0.39 is 0 Å². The molecule has 7 heteroatoms. The largest absolute Gasteiger partial charge is 0.399 e. The van der Waals surface area contributed by atoms with Crippen LogP contribution in [0.25, 0.3) is 0 Å². The summed E-state index contributed by atoms with van der Waals surface area (Å²) in [5, 5.41) is 2.80. The molecule has 21 heavy (non-hydrogen) atoms. The summed E-state index contributed by atoms with van der Waals surface area (Å²) >= 11 is 1.92. The maximum absolute atomic E-state index is 12.0. The van der Waals surface area contributed by atoms with Crippen molar-refractivity contribution in [2.45, 2.75) is 19.9 Å². The molecule has 1 aromatic heterocycles. The smallest absolute Gasteiger partial charge is 0.266 e. The molecule has 2 aromatic rings. The number of nitrogens with two attached hydrogens (primary N) is 1. The van der Waals surface area contributed by atoms with Gasteiger partial charge in [0.15, 0.2) is 0 Å². The van der Waals surface area contributed by atoms with Crippen molar-refractivity contribution in [1.82, 2.24) is 9.55 Å². The van der Waals surface area contributed by atoms with Crippen LogP contribution in [0.5, 0.6) is 0 Å². The van der Waals surface area contributed by atoms with Gasteiger partial charge in [0, 0.05) is 30.5 Å². The highest BCUT2D eigenvalue weighted by Gasteiger charge is 2.07. The van der Waals surface area contributed by atoms with Gasteiger partial charge in [-0.25, -0.2) is 4.98 Å². The van der Waals surface area contributed by atoms with E-state index in [1.807, 2.05) is 35.6 Å². The van der Waals surface area contributed by atoms with E-state index in [4.69, 9.17) is 5.73 Å². The lowest BCUT2D eigenvalue weighted by Gasteiger charge is -2.10. The molecule has 0 saturated carbocycles. The van der Waals surface area contributed by atoms with Crippen molar-refractivity contribution in [3.63, 3.8) is 0 Å². The number of rotatable bonds is 4. The highest BCUT2D eigenvalue weighted by molar-refractivity contribution is 14.1. The number of nitrogens with one attached hydrogen (secondary N) is 1. The van der Waals surface area contributed by atoms with Crippen molar-refractivity contribution in [2.24, 2.45) is 0 Å². The summed E-state index contributed by atoms with van der Waals surface area (Å²) in [5.74, 6) is -0.172. The van der Waals surface area contributed by atoms with Gasteiger partial charge in [0.25, 0.3) is 5.56 Å². The van der Waals surface area contributed by atoms with Gasteiger partial charge in [0.05, 0.1) is 9.90 Å². The third-order valence-electron chi connectivity index (χ3n) is 2.97. The van der Waals surface area contributed by atoms with Gasteiger partial charge in [-0.2, -0.15) is 0 Å². The number of anilines is 2. The van der Waals surface area contributed by atoms with Gasteiger partial charge in [-0.15, -0.1) is 0 Å². The average Bonchev–Trinajstić information content (AvgIpc) is 2.44. The summed E-state index contributed by atoms with van der Waals surface area (Å²) in [6.07, 6.45) is 3.12. The zero-order valence-corrected chi connectivity index (χ0v) is 13.6. The third-order valence-corrected chi connectivity index (χ3v) is 3.71. The summed E-state index contributed by atoms with van der Waals surface area (Å²) in [4.78, 5) is 27.7. The number of aryl methyl sites for hydroxylation is 2. The van der Waals surface area contributed by atoms with E-state index in [2.05, 4.69) is 10.3 Å². The van der Waals surface area contributed by atoms with Crippen LogP contribution in [-0.4, -0.2) is 15.5 Å². The van der Waals surface area contributed by atoms with Crippen molar-refractivity contribution in [1.29, 1.82) is 0 Å². The number of nitrogens with zero attached hydrogens (tertiary/aromatic N) is 2. The number of benzene rings is 1. The van der Waals surface area contributed by atoms with Crippen molar-refractivity contribution in [3.8, 4) is 0 Å². The maximum Gasteiger partial charge on any atom is 0.266 e. The molecule has 0 aliphatic rings. The Morgan fingerprint density at radius 1 is 1.48 bits per heavy atom. The van der Waals surface area contributed by atoms with Crippen molar-refractivity contribution in [2.75, 3.05) is 11.1 Å². The quantitative estimate of drug-likeness (QED) is 0.607. The Kier molecular flexibility index (Phi) is 4.94. The van der Waals surface area contributed by atoms with Crippen LogP contribution < -0.4 is 16.6 Å². The van der Waals surface area contributed by atoms with E-state index in [1.54, 1.807) is 12.1 Å². The average molecular weight is 398 g/mol. The second-order valence-electron chi connectivity index (χ2n) is 4.61. The normalized spacial score (nSPS) is 10.4. The number of hydrogen-bond acceptors (Lipinski definition) is 4. The second-order valence-corrected chi connectivity index (χ2v) is 5.77. The molecule has 0 bridgehead atoms. The Morgan fingerprint density at radius 2 is 2.24 bits per heavy atom. The summed E-state index contributed by atoms with van der Waals surface area (Å²) < 4.78 is 1.95. The Morgan fingerprint density at radius 3 is 3.00 bits per heavy atom. The van der Waals surface area contributed by atoms with Gasteiger partial charge in [0.1, 0.15) is 0 Å². The molecule has 2 rings (SSSR count). The Labute approximate surface area is 135 Å². The molecule has 0 spiro atoms. The highest BCUT2D eigenvalue weighted by atomic mass is 127. The summed E-state index contributed by atoms with van der Waals surface area (Å²) in [5.41, 5.74) is 7.77. The number of nitrogen functional groups attached to an aromatic ring is 1. The van der Waals surface area contributed by atoms with E-state index in [-0.39, 0.29) is 24.4 Å². The van der Waals surface area contributed by atoms with Crippen LogP contribution >= 0.6 is 22.6 Å². The first-order chi connectivity index (χ1) is 9.97. The van der Waals surface area contributed by atoms with Crippen LogP contribution in [0.2, 0.25) is 0 Å². The molecule has 6 nitrogen and oxygen atoms in total. The molecule has 0 unspecified atom stereocenters. The molecule has 0 aliphatic carbocycles. The standard InChI is InChI=1S/C14H15IN4O2/c1-9-2-3-10(16)6-12(9)18-13(20)4-5-19-8-17-7-11(15)14(19)21/h2-3,6-8H,4-5,16H2,1H3,(H,18,20). The van der Waals surface area contributed by atoms with Crippen LogP contribution in [0.15, 0.2) is 35.5 Å². The van der Waals surface area contributed by atoms with Gasteiger partial charge < -0.3 is 11.1 Å². The monoisotopic (exact) mass is 398 g/mol. The van der Waals surface area contributed by atoms with Crippen molar-refractivity contribution < 1.29 is 4.79 Å². The van der Waals surface area contributed by atoms with Crippen molar-refractivity contribution in [3.05, 3.63) is 50.2 Å². The van der Waals surface area contributed by atoms with E-state index >= 15 is 0 Å². The minimum Gasteiger partial charge on any atom is -0.399 e. The summed E-state index contributed by atoms with van der Waals surface area (Å²) in [7, 11) is 0. The molecule has 3 N–H and O–H groups in total. The molecule has 0 fully saturated rings. The fourth-order valence-corrected chi connectivity index (χ4v) is 2.26. The minimum atomic E-state index is -0.172. The van der Waals surface area contributed by atoms with Crippen LogP contribution in [0.4, 0.5) is 11.4 Å². The number of hydrogen-bond donors (Lipinski definition) is 2. The number of aromatic nitrogens is 2. The number of carbonyl (C=O) groups excluding carboxylic acids is 1. The van der Waals surface area contributed by atoms with Crippen LogP contribution in [-0.2, 0) is 11.3 Å². The van der Waals surface area contributed by atoms with Gasteiger partial charge >= 0.3 is 0 Å².